The number of hydrogen-bond donors (Lipinski definition) is 3. The van der Waals surface area contributed by atoms with E-state index in [1.165, 1.54) is 0 Å². The third-order valence-electron chi connectivity index (χ3n) is 2.64. The standard InChI is InChI=1S/C12H15N3O2/c1-7(2)8-3-4-10(16)9(5-8)12-13-6-11(17)14-15-12/h3-5,7,16H,6H2,1-2H3,(H,13,15)(H,14,17). The lowest BCUT2D eigenvalue weighted by Crippen LogP contribution is -2.47. The molecule has 0 saturated heterocycles. The minimum absolute atomic E-state index is 0.0771. The Morgan fingerprint density at radius 1 is 1.35 bits per heavy atom. The molecule has 1 aromatic carbocycles. The zero-order chi connectivity index (χ0) is 12.4. The van der Waals surface area contributed by atoms with Gasteiger partial charge in [-0.05, 0) is 23.6 Å². The Balaban J connectivity index is 2.37. The van der Waals surface area contributed by atoms with E-state index in [9.17, 15) is 9.90 Å². The van der Waals surface area contributed by atoms with Gasteiger partial charge >= 0.3 is 0 Å². The number of nitrogens with one attached hydrogen (secondary N) is 2. The molecule has 3 N–H and O–H groups in total. The maximum atomic E-state index is 11.0. The number of carbonyl (C=O) groups is 1. The van der Waals surface area contributed by atoms with E-state index in [1.807, 2.05) is 12.1 Å². The van der Waals surface area contributed by atoms with E-state index < -0.39 is 0 Å². The van der Waals surface area contributed by atoms with Crippen molar-refractivity contribution >= 4 is 11.7 Å². The van der Waals surface area contributed by atoms with E-state index in [1.54, 1.807) is 6.07 Å². The van der Waals surface area contributed by atoms with Gasteiger partial charge in [-0.1, -0.05) is 19.9 Å². The van der Waals surface area contributed by atoms with E-state index in [2.05, 4.69) is 29.7 Å². The van der Waals surface area contributed by atoms with Crippen LogP contribution in [0.3, 0.4) is 0 Å². The third kappa shape index (κ3) is 2.38. The summed E-state index contributed by atoms with van der Waals surface area (Å²) in [4.78, 5) is 15.0. The molecule has 1 aliphatic heterocycles. The van der Waals surface area contributed by atoms with Crippen LogP contribution >= 0.6 is 0 Å². The van der Waals surface area contributed by atoms with Crippen LogP contribution in [0.5, 0.6) is 5.75 Å². The predicted molar refractivity (Wildman–Crippen MR) is 64.9 cm³/mol. The van der Waals surface area contributed by atoms with Crippen LogP contribution in [0.15, 0.2) is 23.2 Å². The summed E-state index contributed by atoms with van der Waals surface area (Å²) in [6, 6.07) is 5.40. The van der Waals surface area contributed by atoms with E-state index in [0.29, 0.717) is 17.3 Å². The lowest BCUT2D eigenvalue weighted by atomic mass is 10.00. The van der Waals surface area contributed by atoms with Crippen LogP contribution in [0.4, 0.5) is 0 Å². The number of nitrogens with zero attached hydrogens (tertiary/aromatic N) is 1. The molecule has 17 heavy (non-hydrogen) atoms. The van der Waals surface area contributed by atoms with Gasteiger partial charge in [0.2, 0.25) is 0 Å². The molecule has 2 rings (SSSR count). The van der Waals surface area contributed by atoms with Crippen molar-refractivity contribution in [2.45, 2.75) is 19.8 Å². The Morgan fingerprint density at radius 2 is 2.12 bits per heavy atom. The molecule has 5 nitrogen and oxygen atoms in total. The van der Waals surface area contributed by atoms with Crippen LogP contribution in [-0.4, -0.2) is 23.4 Å². The summed E-state index contributed by atoms with van der Waals surface area (Å²) in [7, 11) is 0. The van der Waals surface area contributed by atoms with Crippen LogP contribution in [0.2, 0.25) is 0 Å². The largest absolute Gasteiger partial charge is 0.507 e. The van der Waals surface area contributed by atoms with Gasteiger partial charge in [-0.15, -0.1) is 0 Å². The number of phenolic OH excluding ortho intramolecular Hbond substituents is 1. The number of aromatic hydroxyl groups is 1. The summed E-state index contributed by atoms with van der Waals surface area (Å²) >= 11 is 0. The van der Waals surface area contributed by atoms with Gasteiger partial charge in [0.15, 0.2) is 5.84 Å². The van der Waals surface area contributed by atoms with Crippen LogP contribution in [0.25, 0.3) is 0 Å². The topological polar surface area (TPSA) is 73.7 Å². The summed E-state index contributed by atoms with van der Waals surface area (Å²) in [5, 5.41) is 9.80. The molecule has 1 aromatic rings. The average Bonchev–Trinajstić information content (AvgIpc) is 2.31. The summed E-state index contributed by atoms with van der Waals surface area (Å²) in [5.41, 5.74) is 6.88. The van der Waals surface area contributed by atoms with Crippen molar-refractivity contribution < 1.29 is 9.90 Å². The second kappa shape index (κ2) is 4.45. The second-order valence-electron chi connectivity index (χ2n) is 4.27. The lowest BCUT2D eigenvalue weighted by Gasteiger charge is -2.17. The molecule has 0 fully saturated rings. The molecule has 0 unspecified atom stereocenters. The lowest BCUT2D eigenvalue weighted by molar-refractivity contribution is -0.120. The van der Waals surface area contributed by atoms with Crippen molar-refractivity contribution in [1.82, 2.24) is 10.9 Å². The predicted octanol–water partition coefficient (Wildman–Crippen LogP) is 0.897. The highest BCUT2D eigenvalue weighted by molar-refractivity contribution is 6.04. The number of amidine groups is 1. The fourth-order valence-electron chi connectivity index (χ4n) is 1.61. The zero-order valence-corrected chi connectivity index (χ0v) is 9.82. The molecule has 0 aliphatic carbocycles. The van der Waals surface area contributed by atoms with Gasteiger partial charge in [0.25, 0.3) is 5.91 Å². The molecule has 0 atom stereocenters. The Hall–Kier alpha value is -2.04. The van der Waals surface area contributed by atoms with Crippen molar-refractivity contribution in [3.8, 4) is 5.75 Å². The van der Waals surface area contributed by atoms with Gasteiger partial charge in [-0.2, -0.15) is 0 Å². The first-order chi connectivity index (χ1) is 8.08. The number of carbonyl (C=O) groups excluding carboxylic acids is 1. The summed E-state index contributed by atoms with van der Waals surface area (Å²) in [6.07, 6.45) is 0. The average molecular weight is 233 g/mol. The number of benzene rings is 1. The Morgan fingerprint density at radius 3 is 2.71 bits per heavy atom. The van der Waals surface area contributed by atoms with Crippen molar-refractivity contribution in [3.63, 3.8) is 0 Å². The normalized spacial score (nSPS) is 15.2. The van der Waals surface area contributed by atoms with E-state index in [-0.39, 0.29) is 18.2 Å². The number of phenols is 1. The highest BCUT2D eigenvalue weighted by atomic mass is 16.3. The molecule has 0 aromatic heterocycles. The first-order valence-corrected chi connectivity index (χ1v) is 5.50. The molecule has 5 heteroatoms. The number of hydrogen-bond acceptors (Lipinski definition) is 4. The monoisotopic (exact) mass is 233 g/mol. The molecule has 0 saturated carbocycles. The van der Waals surface area contributed by atoms with Gasteiger partial charge in [0.1, 0.15) is 12.3 Å². The smallest absolute Gasteiger partial charge is 0.260 e. The molecular formula is C12H15N3O2. The van der Waals surface area contributed by atoms with Gasteiger partial charge in [0.05, 0.1) is 5.56 Å². The first-order valence-electron chi connectivity index (χ1n) is 5.50. The highest BCUT2D eigenvalue weighted by Gasteiger charge is 2.15. The van der Waals surface area contributed by atoms with Crippen LogP contribution in [0, 0.1) is 0 Å². The molecule has 1 aliphatic rings. The second-order valence-corrected chi connectivity index (χ2v) is 4.27. The van der Waals surface area contributed by atoms with Gasteiger partial charge in [-0.25, -0.2) is 0 Å². The molecule has 0 spiro atoms. The maximum absolute atomic E-state index is 11.0. The summed E-state index contributed by atoms with van der Waals surface area (Å²) in [5.74, 6) is 0.822. The van der Waals surface area contributed by atoms with E-state index in [4.69, 9.17) is 0 Å². The number of amides is 1. The highest BCUT2D eigenvalue weighted by Crippen LogP contribution is 2.23. The van der Waals surface area contributed by atoms with Crippen LogP contribution in [0.1, 0.15) is 30.9 Å². The van der Waals surface area contributed by atoms with Crippen molar-refractivity contribution in [1.29, 1.82) is 0 Å². The summed E-state index contributed by atoms with van der Waals surface area (Å²) in [6.45, 7) is 4.23. The molecule has 0 bridgehead atoms. The minimum atomic E-state index is -0.187. The van der Waals surface area contributed by atoms with E-state index in [0.717, 1.165) is 5.56 Å². The molecule has 90 valence electrons. The number of hydrazine groups is 1. The maximum Gasteiger partial charge on any atom is 0.260 e. The Labute approximate surface area is 99.5 Å². The fraction of sp³-hybridized carbons (Fsp3) is 0.333. The quantitative estimate of drug-likeness (QED) is 0.710. The van der Waals surface area contributed by atoms with E-state index >= 15 is 0 Å². The van der Waals surface area contributed by atoms with Crippen molar-refractivity contribution in [2.75, 3.05) is 6.54 Å². The van der Waals surface area contributed by atoms with Crippen molar-refractivity contribution in [3.05, 3.63) is 29.3 Å². The van der Waals surface area contributed by atoms with Gasteiger partial charge in [-0.3, -0.25) is 20.6 Å². The molecule has 0 radical (unpaired) electrons. The van der Waals surface area contributed by atoms with Crippen LogP contribution < -0.4 is 10.9 Å². The molecular weight excluding hydrogens is 218 g/mol. The minimum Gasteiger partial charge on any atom is -0.507 e. The Kier molecular flexibility index (Phi) is 2.99. The van der Waals surface area contributed by atoms with Gasteiger partial charge < -0.3 is 5.11 Å². The molecule has 1 heterocycles. The SMILES string of the molecule is CC(C)c1ccc(O)c(C2=NCC(=O)NN2)c1. The number of aliphatic imine (C=N–C) groups is 1. The van der Waals surface area contributed by atoms with Crippen molar-refractivity contribution in [2.24, 2.45) is 4.99 Å². The Bertz CT molecular complexity index is 481. The first kappa shape index (κ1) is 11.4. The number of rotatable bonds is 2. The van der Waals surface area contributed by atoms with Gasteiger partial charge in [0, 0.05) is 0 Å². The summed E-state index contributed by atoms with van der Waals surface area (Å²) < 4.78 is 0. The third-order valence-corrected chi connectivity index (χ3v) is 2.64. The fourth-order valence-corrected chi connectivity index (χ4v) is 1.61. The zero-order valence-electron chi connectivity index (χ0n) is 9.82. The molecule has 1 amide bonds. The van der Waals surface area contributed by atoms with Crippen LogP contribution in [-0.2, 0) is 4.79 Å².